The molecule has 142 valence electrons. The molecule has 1 aromatic carbocycles. The van der Waals surface area contributed by atoms with Crippen molar-refractivity contribution in [2.24, 2.45) is 0 Å². The maximum Gasteiger partial charge on any atom is 0.408 e. The predicted molar refractivity (Wildman–Crippen MR) is 99.3 cm³/mol. The van der Waals surface area contributed by atoms with Gasteiger partial charge >= 0.3 is 6.09 Å². The van der Waals surface area contributed by atoms with E-state index in [2.05, 4.69) is 10.6 Å². The van der Waals surface area contributed by atoms with Crippen molar-refractivity contribution in [3.63, 3.8) is 0 Å². The normalized spacial score (nSPS) is 16.4. The van der Waals surface area contributed by atoms with Crippen LogP contribution in [0.5, 0.6) is 0 Å². The van der Waals surface area contributed by atoms with Crippen LogP contribution in [-0.2, 0) is 4.74 Å². The molecule has 0 aliphatic heterocycles. The number of carbonyl (C=O) groups is 3. The second-order valence-corrected chi connectivity index (χ2v) is 7.89. The number of ether oxygens (including phenoxy) is 1. The van der Waals surface area contributed by atoms with Gasteiger partial charge in [-0.25, -0.2) is 4.79 Å². The molecule has 2 rings (SSSR count). The maximum absolute atomic E-state index is 12.4. The van der Waals surface area contributed by atoms with Crippen LogP contribution in [-0.4, -0.2) is 36.0 Å². The first-order valence-electron chi connectivity index (χ1n) is 9.08. The highest BCUT2D eigenvalue weighted by atomic mass is 16.6. The van der Waals surface area contributed by atoms with Crippen molar-refractivity contribution in [1.29, 1.82) is 0 Å². The fourth-order valence-corrected chi connectivity index (χ4v) is 3.16. The van der Waals surface area contributed by atoms with E-state index >= 15 is 0 Å². The summed E-state index contributed by atoms with van der Waals surface area (Å²) in [4.78, 5) is 35.3. The maximum atomic E-state index is 12.4. The highest BCUT2D eigenvalue weighted by Gasteiger charge is 2.35. The molecule has 0 spiro atoms. The van der Waals surface area contributed by atoms with Crippen LogP contribution in [0.1, 0.15) is 73.6 Å². The summed E-state index contributed by atoms with van der Waals surface area (Å²) in [5, 5.41) is 5.91. The largest absolute Gasteiger partial charge is 0.444 e. The highest BCUT2D eigenvalue weighted by Crippen LogP contribution is 2.28. The molecule has 2 amide bonds. The number of hydrogen-bond donors (Lipinski definition) is 2. The van der Waals surface area contributed by atoms with E-state index in [0.717, 1.165) is 38.4 Å². The van der Waals surface area contributed by atoms with E-state index in [9.17, 15) is 14.4 Å². The van der Waals surface area contributed by atoms with E-state index in [1.165, 1.54) is 0 Å². The third kappa shape index (κ3) is 5.86. The van der Waals surface area contributed by atoms with Gasteiger partial charge in [0.25, 0.3) is 5.91 Å². The molecule has 0 bridgehead atoms. The van der Waals surface area contributed by atoms with Gasteiger partial charge in [-0.1, -0.05) is 31.4 Å². The minimum atomic E-state index is -0.566. The molecule has 6 nitrogen and oxygen atoms in total. The first-order chi connectivity index (χ1) is 12.2. The van der Waals surface area contributed by atoms with E-state index in [0.29, 0.717) is 17.7 Å². The average molecular weight is 360 g/mol. The van der Waals surface area contributed by atoms with Crippen molar-refractivity contribution in [2.45, 2.75) is 64.0 Å². The molecule has 0 unspecified atom stereocenters. The van der Waals surface area contributed by atoms with Gasteiger partial charge < -0.3 is 15.4 Å². The molecule has 0 heterocycles. The number of nitrogens with one attached hydrogen (secondary N) is 2. The molecule has 1 aliphatic rings. The van der Waals surface area contributed by atoms with Crippen molar-refractivity contribution in [3.05, 3.63) is 35.4 Å². The zero-order valence-electron chi connectivity index (χ0n) is 15.8. The van der Waals surface area contributed by atoms with E-state index < -0.39 is 17.2 Å². The van der Waals surface area contributed by atoms with Crippen LogP contribution in [0.15, 0.2) is 24.3 Å². The monoisotopic (exact) mass is 360 g/mol. The number of alkyl carbamates (subject to hydrolysis) is 1. The lowest BCUT2D eigenvalue weighted by Gasteiger charge is -2.38. The minimum absolute atomic E-state index is 0.224. The Morgan fingerprint density at radius 2 is 1.73 bits per heavy atom. The number of benzene rings is 1. The van der Waals surface area contributed by atoms with E-state index in [-0.39, 0.29) is 5.91 Å². The third-order valence-electron chi connectivity index (χ3n) is 4.47. The van der Waals surface area contributed by atoms with Crippen molar-refractivity contribution in [1.82, 2.24) is 10.6 Å². The van der Waals surface area contributed by atoms with E-state index in [1.807, 2.05) is 20.8 Å². The molecule has 0 saturated heterocycles. The molecule has 26 heavy (non-hydrogen) atoms. The Balaban J connectivity index is 2.01. The van der Waals surface area contributed by atoms with Crippen LogP contribution in [0.3, 0.4) is 0 Å². The quantitative estimate of drug-likeness (QED) is 0.788. The number of amides is 2. The fourth-order valence-electron chi connectivity index (χ4n) is 3.16. The van der Waals surface area contributed by atoms with Gasteiger partial charge in [-0.3, -0.25) is 9.59 Å². The van der Waals surface area contributed by atoms with Gasteiger partial charge in [0.1, 0.15) is 11.9 Å². The summed E-state index contributed by atoms with van der Waals surface area (Å²) < 4.78 is 5.39. The van der Waals surface area contributed by atoms with Gasteiger partial charge in [-0.15, -0.1) is 0 Å². The zero-order chi connectivity index (χ0) is 19.2. The summed E-state index contributed by atoms with van der Waals surface area (Å²) in [6, 6.07) is 6.45. The molecule has 2 N–H and O–H groups in total. The molecule has 1 aromatic rings. The molecule has 1 aliphatic carbocycles. The van der Waals surface area contributed by atoms with Crippen molar-refractivity contribution < 1.29 is 19.1 Å². The molecule has 0 radical (unpaired) electrons. The Morgan fingerprint density at radius 3 is 2.27 bits per heavy atom. The predicted octanol–water partition coefficient (Wildman–Crippen LogP) is 3.46. The summed E-state index contributed by atoms with van der Waals surface area (Å²) in [5.41, 5.74) is -0.0432. The van der Waals surface area contributed by atoms with Crippen LogP contribution < -0.4 is 10.6 Å². The lowest BCUT2D eigenvalue weighted by molar-refractivity contribution is 0.0419. The summed E-state index contributed by atoms with van der Waals surface area (Å²) in [6.45, 7) is 5.82. The van der Waals surface area contributed by atoms with Crippen molar-refractivity contribution in [2.75, 3.05) is 6.54 Å². The summed E-state index contributed by atoms with van der Waals surface area (Å²) in [5.74, 6) is -0.224. The third-order valence-corrected chi connectivity index (χ3v) is 4.47. The van der Waals surface area contributed by atoms with E-state index in [4.69, 9.17) is 4.74 Å². The van der Waals surface area contributed by atoms with E-state index in [1.54, 1.807) is 24.3 Å². The lowest BCUT2D eigenvalue weighted by Crippen LogP contribution is -2.57. The Kier molecular flexibility index (Phi) is 6.40. The Morgan fingerprint density at radius 1 is 1.12 bits per heavy atom. The van der Waals surface area contributed by atoms with Crippen LogP contribution in [0.25, 0.3) is 0 Å². The number of hydrogen-bond acceptors (Lipinski definition) is 4. The second kappa shape index (κ2) is 8.34. The van der Waals surface area contributed by atoms with Gasteiger partial charge in [0, 0.05) is 17.7 Å². The molecule has 6 heteroatoms. The van der Waals surface area contributed by atoms with Gasteiger partial charge in [-0.2, -0.15) is 0 Å². The molecule has 0 aromatic heterocycles. The second-order valence-electron chi connectivity index (χ2n) is 7.89. The smallest absolute Gasteiger partial charge is 0.408 e. The van der Waals surface area contributed by atoms with Crippen molar-refractivity contribution >= 4 is 18.3 Å². The highest BCUT2D eigenvalue weighted by molar-refractivity contribution is 5.94. The number of aldehydes is 1. The summed E-state index contributed by atoms with van der Waals surface area (Å²) in [7, 11) is 0. The molecule has 1 saturated carbocycles. The lowest BCUT2D eigenvalue weighted by atomic mass is 9.81. The molecular formula is C20H28N2O4. The van der Waals surface area contributed by atoms with Gasteiger partial charge in [0.05, 0.1) is 5.54 Å². The van der Waals surface area contributed by atoms with Gasteiger partial charge in [0.15, 0.2) is 0 Å². The van der Waals surface area contributed by atoms with Gasteiger partial charge in [-0.05, 0) is 45.7 Å². The summed E-state index contributed by atoms with van der Waals surface area (Å²) >= 11 is 0. The first-order valence-corrected chi connectivity index (χ1v) is 9.08. The van der Waals surface area contributed by atoms with Crippen LogP contribution in [0, 0.1) is 0 Å². The standard InChI is InChI=1S/C20H28N2O4/c1-19(2,3)26-18(25)22-20(11-5-4-6-12-20)14-21-17(24)16-9-7-15(13-23)8-10-16/h7-10,13H,4-6,11-12,14H2,1-3H3,(H,21,24)(H,22,25). The van der Waals surface area contributed by atoms with Crippen LogP contribution >= 0.6 is 0 Å². The molecular weight excluding hydrogens is 332 g/mol. The molecule has 0 atom stereocenters. The Labute approximate surface area is 154 Å². The van der Waals surface area contributed by atoms with Crippen LogP contribution in [0.4, 0.5) is 4.79 Å². The Bertz CT molecular complexity index is 641. The topological polar surface area (TPSA) is 84.5 Å². The fraction of sp³-hybridized carbons (Fsp3) is 0.550. The average Bonchev–Trinajstić information content (AvgIpc) is 2.59. The Hall–Kier alpha value is -2.37. The first kappa shape index (κ1) is 19.9. The summed E-state index contributed by atoms with van der Waals surface area (Å²) in [6.07, 6.45) is 5.01. The van der Waals surface area contributed by atoms with Crippen LogP contribution in [0.2, 0.25) is 0 Å². The van der Waals surface area contributed by atoms with Crippen molar-refractivity contribution in [3.8, 4) is 0 Å². The number of carbonyl (C=O) groups excluding carboxylic acids is 3. The molecule has 1 fully saturated rings. The minimum Gasteiger partial charge on any atom is -0.444 e. The SMILES string of the molecule is CC(C)(C)OC(=O)NC1(CNC(=O)c2ccc(C=O)cc2)CCCCC1. The van der Waals surface area contributed by atoms with Gasteiger partial charge in [0.2, 0.25) is 0 Å². The zero-order valence-corrected chi connectivity index (χ0v) is 15.8. The number of rotatable bonds is 5.